The first-order valence-corrected chi connectivity index (χ1v) is 7.52. The molecule has 106 valence electrons. The van der Waals surface area contributed by atoms with Crippen LogP contribution in [0.3, 0.4) is 0 Å². The maximum Gasteiger partial charge on any atom is 0.111 e. The number of fused-ring (bicyclic) bond motifs is 1. The molecular formula is C17H22N2O. The molecule has 0 bridgehead atoms. The molecule has 1 aliphatic rings. The van der Waals surface area contributed by atoms with Gasteiger partial charge in [0, 0.05) is 25.4 Å². The number of aliphatic hydroxyl groups is 1. The highest BCUT2D eigenvalue weighted by Gasteiger charge is 2.25. The molecule has 2 aromatic rings. The fourth-order valence-electron chi connectivity index (χ4n) is 3.23. The van der Waals surface area contributed by atoms with Gasteiger partial charge in [-0.25, -0.2) is 4.98 Å². The van der Waals surface area contributed by atoms with Crippen LogP contribution in [0.15, 0.2) is 36.7 Å². The standard InChI is InChI=1S/C17H22N2O/c1-2-19-10-9-18-17(19)12-16(20)15-8-7-13-5-3-4-6-14(13)11-15/h3-6,9-10,15-16,20H,2,7-8,11-12H2,1H3. The Morgan fingerprint density at radius 2 is 2.15 bits per heavy atom. The van der Waals surface area contributed by atoms with Crippen LogP contribution in [0.25, 0.3) is 0 Å². The van der Waals surface area contributed by atoms with Crippen LogP contribution < -0.4 is 0 Å². The molecule has 0 saturated heterocycles. The van der Waals surface area contributed by atoms with Crippen molar-refractivity contribution in [2.24, 2.45) is 5.92 Å². The Morgan fingerprint density at radius 1 is 1.35 bits per heavy atom. The zero-order chi connectivity index (χ0) is 13.9. The quantitative estimate of drug-likeness (QED) is 0.927. The number of aliphatic hydroxyl groups excluding tert-OH is 1. The molecule has 3 rings (SSSR count). The van der Waals surface area contributed by atoms with Crippen molar-refractivity contribution in [2.75, 3.05) is 0 Å². The summed E-state index contributed by atoms with van der Waals surface area (Å²) in [5.41, 5.74) is 2.85. The lowest BCUT2D eigenvalue weighted by Gasteiger charge is -2.28. The molecule has 0 radical (unpaired) electrons. The van der Waals surface area contributed by atoms with E-state index >= 15 is 0 Å². The van der Waals surface area contributed by atoms with Gasteiger partial charge in [-0.3, -0.25) is 0 Å². The van der Waals surface area contributed by atoms with Gasteiger partial charge in [-0.2, -0.15) is 0 Å². The highest BCUT2D eigenvalue weighted by atomic mass is 16.3. The molecule has 0 aliphatic heterocycles. The zero-order valence-electron chi connectivity index (χ0n) is 12.0. The van der Waals surface area contributed by atoms with Gasteiger partial charge in [0.15, 0.2) is 0 Å². The van der Waals surface area contributed by atoms with E-state index in [0.717, 1.165) is 31.6 Å². The van der Waals surface area contributed by atoms with Crippen LogP contribution in [0.2, 0.25) is 0 Å². The summed E-state index contributed by atoms with van der Waals surface area (Å²) in [6.07, 6.45) is 7.32. The van der Waals surface area contributed by atoms with Gasteiger partial charge in [-0.1, -0.05) is 24.3 Å². The lowest BCUT2D eigenvalue weighted by atomic mass is 9.80. The third kappa shape index (κ3) is 2.63. The SMILES string of the molecule is CCn1ccnc1CC(O)C1CCc2ccccc2C1. The Bertz CT molecular complexity index is 576. The topological polar surface area (TPSA) is 38.0 Å². The summed E-state index contributed by atoms with van der Waals surface area (Å²) in [4.78, 5) is 4.37. The van der Waals surface area contributed by atoms with E-state index in [-0.39, 0.29) is 6.10 Å². The Hall–Kier alpha value is -1.61. The summed E-state index contributed by atoms with van der Waals surface area (Å²) in [5.74, 6) is 1.35. The first-order chi connectivity index (χ1) is 9.78. The second-order valence-electron chi connectivity index (χ2n) is 5.67. The van der Waals surface area contributed by atoms with Gasteiger partial charge in [-0.15, -0.1) is 0 Å². The molecule has 1 aromatic heterocycles. The molecule has 1 aromatic carbocycles. The molecule has 1 aliphatic carbocycles. The average molecular weight is 270 g/mol. The first-order valence-electron chi connectivity index (χ1n) is 7.52. The monoisotopic (exact) mass is 270 g/mol. The van der Waals surface area contributed by atoms with E-state index in [2.05, 4.69) is 40.7 Å². The van der Waals surface area contributed by atoms with Crippen molar-refractivity contribution in [2.45, 2.75) is 45.3 Å². The van der Waals surface area contributed by atoms with Crippen LogP contribution in [0.4, 0.5) is 0 Å². The molecule has 0 amide bonds. The lowest BCUT2D eigenvalue weighted by molar-refractivity contribution is 0.0965. The Kier molecular flexibility index (Phi) is 3.88. The maximum atomic E-state index is 10.5. The lowest BCUT2D eigenvalue weighted by Crippen LogP contribution is -2.29. The molecule has 1 N–H and O–H groups in total. The Balaban J connectivity index is 1.68. The van der Waals surface area contributed by atoms with E-state index < -0.39 is 0 Å². The number of imidazole rings is 1. The minimum Gasteiger partial charge on any atom is -0.392 e. The second-order valence-corrected chi connectivity index (χ2v) is 5.67. The minimum absolute atomic E-state index is 0.295. The highest BCUT2D eigenvalue weighted by molar-refractivity contribution is 5.29. The van der Waals surface area contributed by atoms with Gasteiger partial charge < -0.3 is 9.67 Å². The van der Waals surface area contributed by atoms with Crippen molar-refractivity contribution in [3.8, 4) is 0 Å². The predicted molar refractivity (Wildman–Crippen MR) is 79.6 cm³/mol. The third-order valence-electron chi connectivity index (χ3n) is 4.46. The number of hydrogen-bond acceptors (Lipinski definition) is 2. The smallest absolute Gasteiger partial charge is 0.111 e. The highest BCUT2D eigenvalue weighted by Crippen LogP contribution is 2.28. The van der Waals surface area contributed by atoms with E-state index in [9.17, 15) is 5.11 Å². The normalized spacial score (nSPS) is 19.6. The Labute approximate surface area is 120 Å². The molecule has 2 unspecified atom stereocenters. The summed E-state index contributed by atoms with van der Waals surface area (Å²) in [6, 6.07) is 8.61. The van der Waals surface area contributed by atoms with E-state index in [1.54, 1.807) is 0 Å². The third-order valence-corrected chi connectivity index (χ3v) is 4.46. The number of hydrogen-bond donors (Lipinski definition) is 1. The van der Waals surface area contributed by atoms with Crippen molar-refractivity contribution in [1.82, 2.24) is 9.55 Å². The van der Waals surface area contributed by atoms with Gasteiger partial charge in [0.2, 0.25) is 0 Å². The number of aryl methyl sites for hydroxylation is 2. The molecule has 0 spiro atoms. The molecule has 0 saturated carbocycles. The molecule has 3 nitrogen and oxygen atoms in total. The largest absolute Gasteiger partial charge is 0.392 e. The van der Waals surface area contributed by atoms with Gasteiger partial charge >= 0.3 is 0 Å². The van der Waals surface area contributed by atoms with Gasteiger partial charge in [0.25, 0.3) is 0 Å². The molecule has 3 heteroatoms. The van der Waals surface area contributed by atoms with Crippen molar-refractivity contribution in [3.05, 3.63) is 53.6 Å². The molecule has 0 fully saturated rings. The maximum absolute atomic E-state index is 10.5. The van der Waals surface area contributed by atoms with Gasteiger partial charge in [0.1, 0.15) is 5.82 Å². The van der Waals surface area contributed by atoms with E-state index in [0.29, 0.717) is 12.3 Å². The van der Waals surface area contributed by atoms with Crippen molar-refractivity contribution < 1.29 is 5.11 Å². The van der Waals surface area contributed by atoms with Gasteiger partial charge in [-0.05, 0) is 43.2 Å². The molecule has 2 atom stereocenters. The van der Waals surface area contributed by atoms with E-state index in [1.165, 1.54) is 11.1 Å². The number of rotatable bonds is 4. The van der Waals surface area contributed by atoms with Crippen LogP contribution in [0, 0.1) is 5.92 Å². The second kappa shape index (κ2) is 5.80. The fourth-order valence-corrected chi connectivity index (χ4v) is 3.23. The minimum atomic E-state index is -0.295. The fraction of sp³-hybridized carbons (Fsp3) is 0.471. The summed E-state index contributed by atoms with van der Waals surface area (Å²) in [7, 11) is 0. The van der Waals surface area contributed by atoms with Crippen LogP contribution in [-0.2, 0) is 25.8 Å². The van der Waals surface area contributed by atoms with Crippen LogP contribution >= 0.6 is 0 Å². The summed E-state index contributed by atoms with van der Waals surface area (Å²) in [6.45, 7) is 3.02. The summed E-state index contributed by atoms with van der Waals surface area (Å²) >= 11 is 0. The number of nitrogens with zero attached hydrogens (tertiary/aromatic N) is 2. The molecular weight excluding hydrogens is 248 g/mol. The molecule has 1 heterocycles. The van der Waals surface area contributed by atoms with E-state index in [4.69, 9.17) is 0 Å². The summed E-state index contributed by atoms with van der Waals surface area (Å²) < 4.78 is 2.11. The van der Waals surface area contributed by atoms with Gasteiger partial charge in [0.05, 0.1) is 6.10 Å². The van der Waals surface area contributed by atoms with E-state index in [1.807, 2.05) is 12.4 Å². The van der Waals surface area contributed by atoms with Crippen molar-refractivity contribution in [1.29, 1.82) is 0 Å². The molecule has 20 heavy (non-hydrogen) atoms. The average Bonchev–Trinajstić information content (AvgIpc) is 2.94. The number of benzene rings is 1. The zero-order valence-corrected chi connectivity index (χ0v) is 12.0. The van der Waals surface area contributed by atoms with Crippen molar-refractivity contribution >= 4 is 0 Å². The van der Waals surface area contributed by atoms with Crippen LogP contribution in [0.5, 0.6) is 0 Å². The number of aromatic nitrogens is 2. The van der Waals surface area contributed by atoms with Crippen molar-refractivity contribution in [3.63, 3.8) is 0 Å². The van der Waals surface area contributed by atoms with Crippen LogP contribution in [0.1, 0.15) is 30.3 Å². The summed E-state index contributed by atoms with van der Waals surface area (Å²) in [5, 5.41) is 10.5. The first kappa shape index (κ1) is 13.4. The van der Waals surface area contributed by atoms with Crippen LogP contribution in [-0.4, -0.2) is 20.8 Å². The Morgan fingerprint density at radius 3 is 2.95 bits per heavy atom. The predicted octanol–water partition coefficient (Wildman–Crippen LogP) is 2.61.